The van der Waals surface area contributed by atoms with Gasteiger partial charge in [0.15, 0.2) is 5.13 Å². The number of aryl methyl sites for hydroxylation is 1. The maximum Gasteiger partial charge on any atom is 0.243 e. The third kappa shape index (κ3) is 4.74. The molecule has 1 atom stereocenters. The Hall–Kier alpha value is -2.51. The van der Waals surface area contributed by atoms with Crippen molar-refractivity contribution in [2.45, 2.75) is 32.4 Å². The molecule has 2 heterocycles. The predicted molar refractivity (Wildman–Crippen MR) is 99.6 cm³/mol. The Balaban J connectivity index is 1.55. The van der Waals surface area contributed by atoms with Gasteiger partial charge in [0.25, 0.3) is 0 Å². The molecule has 130 valence electrons. The normalized spacial score (nSPS) is 12.1. The minimum atomic E-state index is -0.658. The first-order valence-corrected chi connectivity index (χ1v) is 9.01. The second kappa shape index (κ2) is 8.04. The van der Waals surface area contributed by atoms with E-state index in [4.69, 9.17) is 5.73 Å². The van der Waals surface area contributed by atoms with E-state index in [9.17, 15) is 4.79 Å². The molecule has 0 aliphatic rings. The zero-order valence-electron chi connectivity index (χ0n) is 14.1. The van der Waals surface area contributed by atoms with Gasteiger partial charge in [-0.25, -0.2) is 9.97 Å². The van der Waals surface area contributed by atoms with E-state index in [0.717, 1.165) is 23.5 Å². The van der Waals surface area contributed by atoms with E-state index in [2.05, 4.69) is 34.3 Å². The van der Waals surface area contributed by atoms with Gasteiger partial charge in [0.2, 0.25) is 5.91 Å². The van der Waals surface area contributed by atoms with Crippen molar-refractivity contribution in [2.75, 3.05) is 5.32 Å². The summed E-state index contributed by atoms with van der Waals surface area (Å²) >= 11 is 1.47. The summed E-state index contributed by atoms with van der Waals surface area (Å²) in [4.78, 5) is 21.9. The molecule has 1 aromatic carbocycles. The Kier molecular flexibility index (Phi) is 5.57. The SMILES string of the molecule is CCc1cnc(NC(=O)[C@@H](N)Cc2cn(Cc3ccccc3)cn2)s1. The van der Waals surface area contributed by atoms with Gasteiger partial charge in [-0.2, -0.15) is 0 Å². The van der Waals surface area contributed by atoms with Crippen LogP contribution in [0.1, 0.15) is 23.1 Å². The largest absolute Gasteiger partial charge is 0.333 e. The molecule has 0 aliphatic carbocycles. The molecule has 0 spiro atoms. The number of anilines is 1. The minimum Gasteiger partial charge on any atom is -0.333 e. The van der Waals surface area contributed by atoms with Crippen molar-refractivity contribution < 1.29 is 4.79 Å². The second-order valence-corrected chi connectivity index (χ2v) is 6.92. The van der Waals surface area contributed by atoms with E-state index >= 15 is 0 Å². The van der Waals surface area contributed by atoms with Crippen LogP contribution in [0.2, 0.25) is 0 Å². The summed E-state index contributed by atoms with van der Waals surface area (Å²) in [6.07, 6.45) is 6.76. The predicted octanol–water partition coefficient (Wildman–Crippen LogP) is 2.46. The molecule has 0 aliphatic heterocycles. The van der Waals surface area contributed by atoms with Crippen molar-refractivity contribution in [3.63, 3.8) is 0 Å². The highest BCUT2D eigenvalue weighted by molar-refractivity contribution is 7.15. The molecule has 0 radical (unpaired) electrons. The van der Waals surface area contributed by atoms with Crippen molar-refractivity contribution in [1.29, 1.82) is 0 Å². The maximum absolute atomic E-state index is 12.2. The van der Waals surface area contributed by atoms with Crippen LogP contribution in [0, 0.1) is 0 Å². The Bertz CT molecular complexity index is 827. The fourth-order valence-electron chi connectivity index (χ4n) is 2.44. The highest BCUT2D eigenvalue weighted by Gasteiger charge is 2.17. The van der Waals surface area contributed by atoms with Crippen molar-refractivity contribution in [1.82, 2.24) is 14.5 Å². The van der Waals surface area contributed by atoms with Gasteiger partial charge in [0.1, 0.15) is 0 Å². The zero-order chi connectivity index (χ0) is 17.6. The van der Waals surface area contributed by atoms with Crippen molar-refractivity contribution in [3.05, 3.63) is 65.2 Å². The van der Waals surface area contributed by atoms with Crippen LogP contribution < -0.4 is 11.1 Å². The van der Waals surface area contributed by atoms with Crippen molar-refractivity contribution in [2.24, 2.45) is 5.73 Å². The molecular weight excluding hydrogens is 334 g/mol. The van der Waals surface area contributed by atoms with Gasteiger partial charge in [-0.15, -0.1) is 11.3 Å². The van der Waals surface area contributed by atoms with Gasteiger partial charge in [-0.05, 0) is 12.0 Å². The lowest BCUT2D eigenvalue weighted by molar-refractivity contribution is -0.117. The topological polar surface area (TPSA) is 85.8 Å². The number of hydrogen-bond acceptors (Lipinski definition) is 5. The molecule has 3 aromatic rings. The summed E-state index contributed by atoms with van der Waals surface area (Å²) in [5.41, 5.74) is 8.01. The molecule has 0 fully saturated rings. The van der Waals surface area contributed by atoms with Gasteiger partial charge in [-0.3, -0.25) is 4.79 Å². The Morgan fingerprint density at radius 1 is 1.32 bits per heavy atom. The number of benzene rings is 1. The summed E-state index contributed by atoms with van der Waals surface area (Å²) in [6, 6.07) is 9.49. The van der Waals surface area contributed by atoms with E-state index in [-0.39, 0.29) is 5.91 Å². The van der Waals surface area contributed by atoms with Gasteiger partial charge in [-0.1, -0.05) is 37.3 Å². The lowest BCUT2D eigenvalue weighted by Crippen LogP contribution is -2.37. The van der Waals surface area contributed by atoms with Crippen LogP contribution >= 0.6 is 11.3 Å². The number of imidazole rings is 1. The number of aromatic nitrogens is 3. The van der Waals surface area contributed by atoms with Crippen molar-refractivity contribution >= 4 is 22.4 Å². The van der Waals surface area contributed by atoms with Gasteiger partial charge in [0.05, 0.1) is 18.1 Å². The lowest BCUT2D eigenvalue weighted by Gasteiger charge is -2.09. The molecule has 3 N–H and O–H groups in total. The number of rotatable bonds is 7. The lowest BCUT2D eigenvalue weighted by atomic mass is 10.1. The van der Waals surface area contributed by atoms with Crippen LogP contribution in [0.4, 0.5) is 5.13 Å². The number of carbonyl (C=O) groups is 1. The highest BCUT2D eigenvalue weighted by Crippen LogP contribution is 2.18. The highest BCUT2D eigenvalue weighted by atomic mass is 32.1. The van der Waals surface area contributed by atoms with E-state index in [1.54, 1.807) is 12.5 Å². The number of nitrogens with zero attached hydrogens (tertiary/aromatic N) is 3. The molecule has 1 amide bonds. The molecule has 0 saturated heterocycles. The number of hydrogen-bond donors (Lipinski definition) is 2. The summed E-state index contributed by atoms with van der Waals surface area (Å²) in [5.74, 6) is -0.241. The first-order chi connectivity index (χ1) is 12.1. The van der Waals surface area contributed by atoms with Crippen LogP contribution in [-0.2, 0) is 24.2 Å². The van der Waals surface area contributed by atoms with Crippen LogP contribution in [0.5, 0.6) is 0 Å². The first kappa shape index (κ1) is 17.3. The smallest absolute Gasteiger partial charge is 0.243 e. The van der Waals surface area contributed by atoms with Crippen molar-refractivity contribution in [3.8, 4) is 0 Å². The van der Waals surface area contributed by atoms with E-state index in [0.29, 0.717) is 11.6 Å². The quantitative estimate of drug-likeness (QED) is 0.682. The first-order valence-electron chi connectivity index (χ1n) is 8.19. The van der Waals surface area contributed by atoms with Gasteiger partial charge in [0, 0.05) is 30.2 Å². The molecule has 0 bridgehead atoms. The van der Waals surface area contributed by atoms with Crippen LogP contribution in [0.3, 0.4) is 0 Å². The summed E-state index contributed by atoms with van der Waals surface area (Å²) in [7, 11) is 0. The molecule has 25 heavy (non-hydrogen) atoms. The summed E-state index contributed by atoms with van der Waals surface area (Å²) in [5, 5.41) is 3.36. The molecule has 0 unspecified atom stereocenters. The standard InChI is InChI=1S/C18H21N5OS/c1-2-15-9-20-18(25-15)22-17(24)16(19)8-14-11-23(12-21-14)10-13-6-4-3-5-7-13/h3-7,9,11-12,16H,2,8,10,19H2,1H3,(H,20,22,24)/t16-/m0/s1. The van der Waals surface area contributed by atoms with Crippen LogP contribution in [-0.4, -0.2) is 26.5 Å². The van der Waals surface area contributed by atoms with Gasteiger partial charge >= 0.3 is 0 Å². The number of nitrogens with one attached hydrogen (secondary N) is 1. The molecule has 7 heteroatoms. The van der Waals surface area contributed by atoms with Crippen LogP contribution in [0.15, 0.2) is 49.1 Å². The molecule has 3 rings (SSSR count). The second-order valence-electron chi connectivity index (χ2n) is 5.81. The number of amides is 1. The van der Waals surface area contributed by atoms with E-state index in [1.807, 2.05) is 29.0 Å². The zero-order valence-corrected chi connectivity index (χ0v) is 14.9. The Morgan fingerprint density at radius 3 is 2.84 bits per heavy atom. The third-order valence-corrected chi connectivity index (χ3v) is 4.85. The summed E-state index contributed by atoms with van der Waals surface area (Å²) < 4.78 is 1.99. The van der Waals surface area contributed by atoms with Gasteiger partial charge < -0.3 is 15.6 Å². The van der Waals surface area contributed by atoms with E-state index < -0.39 is 6.04 Å². The van der Waals surface area contributed by atoms with E-state index in [1.165, 1.54) is 16.9 Å². The molecular formula is C18H21N5OS. The molecule has 0 saturated carbocycles. The monoisotopic (exact) mass is 355 g/mol. The van der Waals surface area contributed by atoms with Crippen LogP contribution in [0.25, 0.3) is 0 Å². The average molecular weight is 355 g/mol. The maximum atomic E-state index is 12.2. The fourth-order valence-corrected chi connectivity index (χ4v) is 3.19. The fraction of sp³-hybridized carbons (Fsp3) is 0.278. The minimum absolute atomic E-state index is 0.241. The third-order valence-electron chi connectivity index (χ3n) is 3.79. The number of nitrogens with two attached hydrogens (primary N) is 1. The average Bonchev–Trinajstić information content (AvgIpc) is 3.25. The molecule has 2 aromatic heterocycles. The molecule has 6 nitrogen and oxygen atoms in total. The Labute approximate surface area is 150 Å². The summed E-state index contributed by atoms with van der Waals surface area (Å²) in [6.45, 7) is 2.80. The number of thiazole rings is 1. The number of carbonyl (C=O) groups excluding carboxylic acids is 1. The Morgan fingerprint density at radius 2 is 2.12 bits per heavy atom.